The number of rotatable bonds is 7. The number of anilines is 1. The van der Waals surface area contributed by atoms with Crippen LogP contribution in [0.25, 0.3) is 11.1 Å². The zero-order valence-electron chi connectivity index (χ0n) is 16.1. The van der Waals surface area contributed by atoms with Crippen molar-refractivity contribution in [3.8, 4) is 11.1 Å². The zero-order chi connectivity index (χ0) is 21.7. The monoisotopic (exact) mass is 405 g/mol. The Morgan fingerprint density at radius 3 is 2.03 bits per heavy atom. The van der Waals surface area contributed by atoms with Gasteiger partial charge in [0.1, 0.15) is 23.9 Å². The quantitative estimate of drug-likeness (QED) is 0.606. The van der Waals surface area contributed by atoms with E-state index in [1.807, 2.05) is 0 Å². The van der Waals surface area contributed by atoms with Gasteiger partial charge >= 0.3 is 0 Å². The summed E-state index contributed by atoms with van der Waals surface area (Å²) in [7, 11) is 3.99. The number of carbonyl (C=O) groups is 3. The molecule has 0 saturated heterocycles. The van der Waals surface area contributed by atoms with E-state index in [9.17, 15) is 23.2 Å². The maximum absolute atomic E-state index is 14.0. The minimum Gasteiger partial charge on any atom is -0.388 e. The van der Waals surface area contributed by atoms with Crippen LogP contribution in [-0.4, -0.2) is 61.4 Å². The summed E-state index contributed by atoms with van der Waals surface area (Å²) in [6.45, 7) is -0.894. The largest absolute Gasteiger partial charge is 0.388 e. The highest BCUT2D eigenvalue weighted by atomic mass is 19.1. The summed E-state index contributed by atoms with van der Waals surface area (Å²) in [6, 6.07) is 6.68. The standard InChI is InChI=1S/C20H21F2N3O4/c1-23-17-14(21)8-13(9-15(17)22)11-4-6-12(7-5-11)20(29)25(3)18(16(27)10-26)19(28)24-2/h4-9,18,23,26H,10H2,1-3H3,(H,24,28). The molecule has 29 heavy (non-hydrogen) atoms. The molecule has 0 aliphatic rings. The lowest BCUT2D eigenvalue weighted by atomic mass is 10.0. The third kappa shape index (κ3) is 4.57. The molecule has 9 heteroatoms. The van der Waals surface area contributed by atoms with Crippen LogP contribution in [0.5, 0.6) is 0 Å². The number of halogens is 2. The van der Waals surface area contributed by atoms with Crippen molar-refractivity contribution in [1.29, 1.82) is 0 Å². The Balaban J connectivity index is 2.30. The topological polar surface area (TPSA) is 98.7 Å². The van der Waals surface area contributed by atoms with Gasteiger partial charge in [0.25, 0.3) is 5.91 Å². The van der Waals surface area contributed by atoms with Crippen LogP contribution in [0.3, 0.4) is 0 Å². The summed E-state index contributed by atoms with van der Waals surface area (Å²) in [6.07, 6.45) is 0. The number of ketones is 1. The molecule has 0 aliphatic carbocycles. The molecule has 154 valence electrons. The highest BCUT2D eigenvalue weighted by Gasteiger charge is 2.32. The highest BCUT2D eigenvalue weighted by molar-refractivity contribution is 6.10. The van der Waals surface area contributed by atoms with E-state index in [2.05, 4.69) is 10.6 Å². The summed E-state index contributed by atoms with van der Waals surface area (Å²) in [5, 5.41) is 13.8. The number of amides is 2. The number of Topliss-reactive ketones (excluding diaryl/α,β-unsaturated/α-hetero) is 1. The van der Waals surface area contributed by atoms with E-state index in [4.69, 9.17) is 5.11 Å². The maximum Gasteiger partial charge on any atom is 0.254 e. The van der Waals surface area contributed by atoms with Gasteiger partial charge in [-0.25, -0.2) is 8.78 Å². The van der Waals surface area contributed by atoms with Crippen LogP contribution in [0, 0.1) is 11.6 Å². The third-order valence-corrected chi connectivity index (χ3v) is 4.42. The first-order valence-electron chi connectivity index (χ1n) is 8.64. The van der Waals surface area contributed by atoms with E-state index in [0.717, 1.165) is 4.90 Å². The van der Waals surface area contributed by atoms with Crippen molar-refractivity contribution in [2.45, 2.75) is 6.04 Å². The van der Waals surface area contributed by atoms with Crippen molar-refractivity contribution in [2.24, 2.45) is 0 Å². The Morgan fingerprint density at radius 2 is 1.59 bits per heavy atom. The van der Waals surface area contributed by atoms with Crippen LogP contribution in [0.4, 0.5) is 14.5 Å². The summed E-state index contributed by atoms with van der Waals surface area (Å²) in [5.41, 5.74) is 0.670. The van der Waals surface area contributed by atoms with Gasteiger partial charge in [0.15, 0.2) is 11.8 Å². The number of nitrogens with one attached hydrogen (secondary N) is 2. The van der Waals surface area contributed by atoms with Crippen molar-refractivity contribution in [3.63, 3.8) is 0 Å². The molecule has 3 N–H and O–H groups in total. The number of hydrogen-bond acceptors (Lipinski definition) is 5. The number of carbonyl (C=O) groups excluding carboxylic acids is 3. The SMILES string of the molecule is CNC(=O)C(C(=O)CO)N(C)C(=O)c1ccc(-c2cc(F)c(NC)c(F)c2)cc1. The van der Waals surface area contributed by atoms with Crippen LogP contribution >= 0.6 is 0 Å². The first-order valence-corrected chi connectivity index (χ1v) is 8.64. The smallest absolute Gasteiger partial charge is 0.254 e. The molecule has 0 bridgehead atoms. The average molecular weight is 405 g/mol. The zero-order valence-corrected chi connectivity index (χ0v) is 16.1. The van der Waals surface area contributed by atoms with Crippen molar-refractivity contribution >= 4 is 23.3 Å². The second-order valence-corrected chi connectivity index (χ2v) is 6.20. The van der Waals surface area contributed by atoms with Crippen LogP contribution in [0.1, 0.15) is 10.4 Å². The van der Waals surface area contributed by atoms with Gasteiger partial charge in [-0.05, 0) is 35.4 Å². The lowest BCUT2D eigenvalue weighted by molar-refractivity contribution is -0.135. The van der Waals surface area contributed by atoms with Gasteiger partial charge in [0.2, 0.25) is 5.91 Å². The number of aliphatic hydroxyl groups is 1. The van der Waals surface area contributed by atoms with E-state index in [0.29, 0.717) is 5.56 Å². The lowest BCUT2D eigenvalue weighted by Crippen LogP contribution is -2.52. The molecule has 2 aromatic carbocycles. The van der Waals surface area contributed by atoms with Gasteiger partial charge in [-0.1, -0.05) is 12.1 Å². The van der Waals surface area contributed by atoms with E-state index >= 15 is 0 Å². The molecule has 0 saturated carbocycles. The molecule has 0 fully saturated rings. The second kappa shape index (κ2) is 9.24. The summed E-state index contributed by atoms with van der Waals surface area (Å²) in [5.74, 6) is -3.69. The summed E-state index contributed by atoms with van der Waals surface area (Å²) in [4.78, 5) is 37.4. The molecule has 2 rings (SSSR count). The van der Waals surface area contributed by atoms with E-state index in [1.54, 1.807) is 0 Å². The molecule has 2 aromatic rings. The fourth-order valence-electron chi connectivity index (χ4n) is 2.87. The van der Waals surface area contributed by atoms with Gasteiger partial charge in [-0.15, -0.1) is 0 Å². The summed E-state index contributed by atoms with van der Waals surface area (Å²) >= 11 is 0. The van der Waals surface area contributed by atoms with Crippen molar-refractivity contribution in [3.05, 3.63) is 53.6 Å². The Bertz CT molecular complexity index is 893. The van der Waals surface area contributed by atoms with Gasteiger partial charge in [0, 0.05) is 26.7 Å². The average Bonchev–Trinajstić information content (AvgIpc) is 2.72. The van der Waals surface area contributed by atoms with Crippen molar-refractivity contribution in [2.75, 3.05) is 33.1 Å². The van der Waals surface area contributed by atoms with Gasteiger partial charge in [0.05, 0.1) is 0 Å². The number of nitrogens with zero attached hydrogens (tertiary/aromatic N) is 1. The molecule has 1 atom stereocenters. The van der Waals surface area contributed by atoms with Crippen LogP contribution in [0.15, 0.2) is 36.4 Å². The maximum atomic E-state index is 14.0. The fraction of sp³-hybridized carbons (Fsp3) is 0.250. The first-order chi connectivity index (χ1) is 13.7. The molecule has 2 amide bonds. The molecule has 0 heterocycles. The van der Waals surface area contributed by atoms with Crippen molar-refractivity contribution in [1.82, 2.24) is 10.2 Å². The minimum absolute atomic E-state index is 0.156. The molecule has 0 radical (unpaired) electrons. The fourth-order valence-corrected chi connectivity index (χ4v) is 2.87. The highest BCUT2D eigenvalue weighted by Crippen LogP contribution is 2.27. The molecule has 7 nitrogen and oxygen atoms in total. The van der Waals surface area contributed by atoms with Gasteiger partial charge in [-0.3, -0.25) is 14.4 Å². The first kappa shape index (κ1) is 22.0. The van der Waals surface area contributed by atoms with Crippen LogP contribution in [-0.2, 0) is 9.59 Å². The number of benzene rings is 2. The van der Waals surface area contributed by atoms with Gasteiger partial charge < -0.3 is 20.6 Å². The Hall–Kier alpha value is -3.33. The van der Waals surface area contributed by atoms with E-state index in [1.165, 1.54) is 57.5 Å². The molecule has 1 unspecified atom stereocenters. The molecule has 0 aromatic heterocycles. The molecule has 0 spiro atoms. The van der Waals surface area contributed by atoms with Crippen LogP contribution in [0.2, 0.25) is 0 Å². The van der Waals surface area contributed by atoms with Gasteiger partial charge in [-0.2, -0.15) is 0 Å². The molecular formula is C20H21F2N3O4. The Kier molecular flexibility index (Phi) is 7.00. The Morgan fingerprint density at radius 1 is 1.03 bits per heavy atom. The van der Waals surface area contributed by atoms with E-state index in [-0.39, 0.29) is 16.8 Å². The minimum atomic E-state index is -1.48. The second-order valence-electron chi connectivity index (χ2n) is 6.20. The van der Waals surface area contributed by atoms with Crippen LogP contribution < -0.4 is 10.6 Å². The van der Waals surface area contributed by atoms with Crippen molar-refractivity contribution < 1.29 is 28.3 Å². The number of aliphatic hydroxyl groups excluding tert-OH is 1. The molecule has 0 aliphatic heterocycles. The summed E-state index contributed by atoms with van der Waals surface area (Å²) < 4.78 is 27.9. The molecular weight excluding hydrogens is 384 g/mol. The number of likely N-dealkylation sites (N-methyl/N-ethyl adjacent to an activating group) is 2. The number of hydrogen-bond donors (Lipinski definition) is 3. The predicted molar refractivity (Wildman–Crippen MR) is 103 cm³/mol. The van der Waals surface area contributed by atoms with E-state index < -0.39 is 41.9 Å². The third-order valence-electron chi connectivity index (χ3n) is 4.42. The lowest BCUT2D eigenvalue weighted by Gasteiger charge is -2.25. The Labute approximate surface area is 166 Å². The normalized spacial score (nSPS) is 11.5. The predicted octanol–water partition coefficient (Wildman–Crippen LogP) is 1.42.